The van der Waals surface area contributed by atoms with Gasteiger partial charge in [-0.1, -0.05) is 54.2 Å². The molecule has 6 heteroatoms. The van der Waals surface area contributed by atoms with Gasteiger partial charge in [0, 0.05) is 24.2 Å². The van der Waals surface area contributed by atoms with E-state index in [4.69, 9.17) is 21.7 Å². The first-order valence-electron chi connectivity index (χ1n) is 13.0. The number of thiocarbonyl (C=S) groups is 1. The molecule has 0 fully saturated rings. The molecule has 38 heavy (non-hydrogen) atoms. The second-order valence-corrected chi connectivity index (χ2v) is 11.3. The zero-order chi connectivity index (χ0) is 27.8. The van der Waals surface area contributed by atoms with Crippen molar-refractivity contribution in [2.45, 2.75) is 73.3 Å². The number of ether oxygens (including phenoxy) is 2. The van der Waals surface area contributed by atoms with Crippen LogP contribution in [0, 0.1) is 26.6 Å². The van der Waals surface area contributed by atoms with Crippen LogP contribution in [0.4, 0.5) is 4.39 Å². The molecule has 1 aliphatic heterocycles. The first-order valence-corrected chi connectivity index (χ1v) is 13.4. The molecule has 0 N–H and O–H groups in total. The summed E-state index contributed by atoms with van der Waals surface area (Å²) in [5, 5.41) is 0. The minimum Gasteiger partial charge on any atom is -0.464 e. The van der Waals surface area contributed by atoms with Crippen molar-refractivity contribution in [3.63, 3.8) is 0 Å². The Morgan fingerprint density at radius 3 is 2.24 bits per heavy atom. The van der Waals surface area contributed by atoms with Gasteiger partial charge in [0.1, 0.15) is 10.8 Å². The molecule has 0 amide bonds. The van der Waals surface area contributed by atoms with Gasteiger partial charge in [-0.15, -0.1) is 0 Å². The van der Waals surface area contributed by atoms with Crippen LogP contribution in [0.5, 0.6) is 0 Å². The molecular formula is C32H36FNO3S. The third kappa shape index (κ3) is 5.67. The third-order valence-corrected chi connectivity index (χ3v) is 7.44. The van der Waals surface area contributed by atoms with Crippen LogP contribution in [-0.4, -0.2) is 28.1 Å². The minimum atomic E-state index is -0.889. The zero-order valence-corrected chi connectivity index (χ0v) is 24.1. The number of fused-ring (bicyclic) bond motifs is 1. The van der Waals surface area contributed by atoms with Gasteiger partial charge in [-0.05, 0) is 94.0 Å². The van der Waals surface area contributed by atoms with Crippen molar-refractivity contribution in [1.82, 2.24) is 4.90 Å². The van der Waals surface area contributed by atoms with E-state index < -0.39 is 17.7 Å². The highest BCUT2D eigenvalue weighted by Gasteiger charge is 2.36. The molecular weight excluding hydrogens is 497 g/mol. The van der Waals surface area contributed by atoms with Gasteiger partial charge in [0.05, 0.1) is 12.2 Å². The van der Waals surface area contributed by atoms with Crippen molar-refractivity contribution >= 4 is 23.2 Å². The van der Waals surface area contributed by atoms with E-state index in [9.17, 15) is 9.18 Å². The lowest BCUT2D eigenvalue weighted by atomic mass is 9.83. The smallest absolute Gasteiger partial charge is 0.339 e. The molecule has 0 saturated carbocycles. The number of benzene rings is 3. The van der Waals surface area contributed by atoms with E-state index >= 15 is 0 Å². The number of hydrogen-bond donors (Lipinski definition) is 0. The number of carbonyl (C=O) groups excluding carboxylic acids is 1. The lowest BCUT2D eigenvalue weighted by Crippen LogP contribution is -2.30. The summed E-state index contributed by atoms with van der Waals surface area (Å²) < 4.78 is 25.9. The number of rotatable bonds is 6. The standard InChI is InChI=1S/C32H36FNO3S/c1-8-36-31(35)29(37-32(5,6)7)28-21(4)26-18-34(30(38)23-10-9-11-24(33)16-23)17-25(26)20(3)27(28)22-14-12-19(2)13-15-22/h9-16,29H,8,17-18H2,1-7H3/t29-/m0/s1. The van der Waals surface area contributed by atoms with E-state index in [0.29, 0.717) is 23.6 Å². The summed E-state index contributed by atoms with van der Waals surface area (Å²) in [6.45, 7) is 15.3. The maximum atomic E-state index is 14.0. The van der Waals surface area contributed by atoms with Gasteiger partial charge >= 0.3 is 5.97 Å². The van der Waals surface area contributed by atoms with Crippen molar-refractivity contribution in [3.8, 4) is 11.1 Å². The molecule has 4 rings (SSSR count). The molecule has 0 aliphatic carbocycles. The second kappa shape index (κ2) is 11.0. The maximum Gasteiger partial charge on any atom is 0.339 e. The predicted molar refractivity (Wildman–Crippen MR) is 154 cm³/mol. The van der Waals surface area contributed by atoms with Crippen LogP contribution < -0.4 is 0 Å². The van der Waals surface area contributed by atoms with E-state index in [-0.39, 0.29) is 12.4 Å². The molecule has 0 radical (unpaired) electrons. The SMILES string of the molecule is CCOC(=O)[C@@H](OC(C)(C)C)c1c(C)c2c(c(C)c1-c1ccc(C)cc1)CN(C(=S)c1cccc(F)c1)C2. The van der Waals surface area contributed by atoms with Gasteiger partial charge in [-0.25, -0.2) is 9.18 Å². The van der Waals surface area contributed by atoms with E-state index in [1.165, 1.54) is 17.7 Å². The van der Waals surface area contributed by atoms with Gasteiger partial charge < -0.3 is 14.4 Å². The second-order valence-electron chi connectivity index (χ2n) is 10.9. The molecule has 1 aliphatic rings. The molecule has 3 aromatic carbocycles. The van der Waals surface area contributed by atoms with E-state index in [0.717, 1.165) is 38.9 Å². The third-order valence-electron chi connectivity index (χ3n) is 6.95. The number of nitrogens with zero attached hydrogens (tertiary/aromatic N) is 1. The first-order chi connectivity index (χ1) is 17.9. The molecule has 200 valence electrons. The normalized spacial score (nSPS) is 13.8. The van der Waals surface area contributed by atoms with Crippen LogP contribution in [0.3, 0.4) is 0 Å². The number of halogens is 1. The summed E-state index contributed by atoms with van der Waals surface area (Å²) in [5.74, 6) is -0.710. The first kappa shape index (κ1) is 27.9. The summed E-state index contributed by atoms with van der Waals surface area (Å²) in [5.41, 5.74) is 8.48. The molecule has 3 aromatic rings. The topological polar surface area (TPSA) is 38.8 Å². The fourth-order valence-corrected chi connectivity index (χ4v) is 5.44. The average molecular weight is 534 g/mol. The van der Waals surface area contributed by atoms with Gasteiger partial charge in [0.2, 0.25) is 0 Å². The number of aryl methyl sites for hydroxylation is 1. The highest BCUT2D eigenvalue weighted by Crippen LogP contribution is 2.44. The molecule has 0 bridgehead atoms. The van der Waals surface area contributed by atoms with Crippen LogP contribution in [-0.2, 0) is 27.4 Å². The molecule has 1 heterocycles. The number of esters is 1. The largest absolute Gasteiger partial charge is 0.464 e. The van der Waals surface area contributed by atoms with E-state index in [1.807, 2.05) is 26.8 Å². The monoisotopic (exact) mass is 533 g/mol. The quantitative estimate of drug-likeness (QED) is 0.242. The molecule has 0 saturated heterocycles. The summed E-state index contributed by atoms with van der Waals surface area (Å²) in [7, 11) is 0. The van der Waals surface area contributed by atoms with Crippen molar-refractivity contribution in [2.24, 2.45) is 0 Å². The Morgan fingerprint density at radius 2 is 1.66 bits per heavy atom. The van der Waals surface area contributed by atoms with Crippen LogP contribution in [0.25, 0.3) is 11.1 Å². The van der Waals surface area contributed by atoms with Gasteiger partial charge in [-0.2, -0.15) is 0 Å². The van der Waals surface area contributed by atoms with Crippen LogP contribution in [0.15, 0.2) is 48.5 Å². The molecule has 0 aromatic heterocycles. The van der Waals surface area contributed by atoms with Gasteiger partial charge in [0.15, 0.2) is 6.10 Å². The lowest BCUT2D eigenvalue weighted by Gasteiger charge is -2.30. The van der Waals surface area contributed by atoms with E-state index in [2.05, 4.69) is 49.9 Å². The molecule has 0 spiro atoms. The minimum absolute atomic E-state index is 0.265. The van der Waals surface area contributed by atoms with Gasteiger partial charge in [-0.3, -0.25) is 0 Å². The number of hydrogen-bond acceptors (Lipinski definition) is 4. The van der Waals surface area contributed by atoms with Crippen molar-refractivity contribution in [2.75, 3.05) is 6.61 Å². The fraction of sp³-hybridized carbons (Fsp3) is 0.375. The van der Waals surface area contributed by atoms with Crippen molar-refractivity contribution < 1.29 is 18.7 Å². The maximum absolute atomic E-state index is 14.0. The van der Waals surface area contributed by atoms with Crippen molar-refractivity contribution in [1.29, 1.82) is 0 Å². The summed E-state index contributed by atoms with van der Waals surface area (Å²) in [6, 6.07) is 14.8. The number of carbonyl (C=O) groups is 1. The Kier molecular flexibility index (Phi) is 8.05. The zero-order valence-electron chi connectivity index (χ0n) is 23.3. The Morgan fingerprint density at radius 1 is 1.03 bits per heavy atom. The summed E-state index contributed by atoms with van der Waals surface area (Å²) in [4.78, 5) is 16.1. The molecule has 0 unspecified atom stereocenters. The molecule has 4 nitrogen and oxygen atoms in total. The Labute approximate surface area is 230 Å². The predicted octanol–water partition coefficient (Wildman–Crippen LogP) is 7.53. The average Bonchev–Trinajstić information content (AvgIpc) is 3.31. The Bertz CT molecular complexity index is 1370. The summed E-state index contributed by atoms with van der Waals surface area (Å²) in [6.07, 6.45) is -0.889. The fourth-order valence-electron chi connectivity index (χ4n) is 5.19. The highest BCUT2D eigenvalue weighted by molar-refractivity contribution is 7.80. The van der Waals surface area contributed by atoms with Crippen molar-refractivity contribution in [3.05, 3.63) is 93.3 Å². The highest BCUT2D eigenvalue weighted by atomic mass is 32.1. The lowest BCUT2D eigenvalue weighted by molar-refractivity contribution is -0.166. The van der Waals surface area contributed by atoms with Crippen LogP contribution in [0.2, 0.25) is 0 Å². The van der Waals surface area contributed by atoms with E-state index in [1.54, 1.807) is 13.0 Å². The molecule has 1 atom stereocenters. The van der Waals surface area contributed by atoms with Crippen LogP contribution >= 0.6 is 12.2 Å². The van der Waals surface area contributed by atoms with Crippen LogP contribution in [0.1, 0.15) is 72.7 Å². The Balaban J connectivity index is 1.91. The van der Waals surface area contributed by atoms with Gasteiger partial charge in [0.25, 0.3) is 0 Å². The Hall–Kier alpha value is -3.09. The summed E-state index contributed by atoms with van der Waals surface area (Å²) >= 11 is 5.81.